The van der Waals surface area contributed by atoms with Gasteiger partial charge in [-0.2, -0.15) is 5.10 Å². The van der Waals surface area contributed by atoms with Crippen LogP contribution in [0.3, 0.4) is 0 Å². The fraction of sp³-hybridized carbons (Fsp3) is 0.250. The van der Waals surface area contributed by atoms with Gasteiger partial charge in [0.15, 0.2) is 0 Å². The number of hydrogen-bond donors (Lipinski definition) is 1. The molecular weight excluding hydrogens is 378 g/mol. The van der Waals surface area contributed by atoms with Crippen LogP contribution in [0.15, 0.2) is 65.7 Å². The summed E-state index contributed by atoms with van der Waals surface area (Å²) in [6, 6.07) is 15.3. The Bertz CT molecular complexity index is 1240. The highest BCUT2D eigenvalue weighted by Crippen LogP contribution is 2.23. The highest BCUT2D eigenvalue weighted by atomic mass is 16.5. The Morgan fingerprint density at radius 1 is 1.07 bits per heavy atom. The first-order chi connectivity index (χ1) is 14.5. The second kappa shape index (κ2) is 8.16. The number of nitrogens with zero attached hydrogens (tertiary/aromatic N) is 3. The van der Waals surface area contributed by atoms with Gasteiger partial charge in [-0.1, -0.05) is 23.8 Å². The summed E-state index contributed by atoms with van der Waals surface area (Å²) in [4.78, 5) is 13.0. The summed E-state index contributed by atoms with van der Waals surface area (Å²) in [7, 11) is 0. The Balaban J connectivity index is 1.63. The van der Waals surface area contributed by atoms with E-state index in [-0.39, 0.29) is 12.1 Å². The van der Waals surface area contributed by atoms with Gasteiger partial charge in [-0.05, 0) is 62.2 Å². The summed E-state index contributed by atoms with van der Waals surface area (Å²) in [6.07, 6.45) is 2.64. The van der Waals surface area contributed by atoms with E-state index in [0.29, 0.717) is 17.8 Å². The van der Waals surface area contributed by atoms with Crippen LogP contribution in [0.1, 0.15) is 29.7 Å². The number of fused-ring (bicyclic) bond motifs is 1. The summed E-state index contributed by atoms with van der Waals surface area (Å²) < 4.78 is 8.58. The SMILES string of the molecule is CCOc1ccc(-c2cc3c(=O)n(C[C@H](O)c4ccc(C)cc4C)ccn3n2)cc1. The number of rotatable bonds is 6. The van der Waals surface area contributed by atoms with Gasteiger partial charge in [-0.25, -0.2) is 4.52 Å². The number of benzene rings is 2. The minimum absolute atomic E-state index is 0.183. The molecule has 0 spiro atoms. The molecule has 0 saturated heterocycles. The maximum Gasteiger partial charge on any atom is 0.276 e. The molecule has 1 atom stereocenters. The monoisotopic (exact) mass is 403 g/mol. The van der Waals surface area contributed by atoms with E-state index < -0.39 is 6.10 Å². The number of aryl methyl sites for hydroxylation is 2. The zero-order valence-electron chi connectivity index (χ0n) is 17.4. The molecule has 0 saturated carbocycles. The summed E-state index contributed by atoms with van der Waals surface area (Å²) >= 11 is 0. The van der Waals surface area contributed by atoms with Gasteiger partial charge in [0.1, 0.15) is 11.3 Å². The molecule has 2 aromatic carbocycles. The largest absolute Gasteiger partial charge is 0.494 e. The van der Waals surface area contributed by atoms with Crippen LogP contribution in [0, 0.1) is 13.8 Å². The maximum absolute atomic E-state index is 13.0. The molecule has 0 radical (unpaired) electrons. The summed E-state index contributed by atoms with van der Waals surface area (Å²) in [5, 5.41) is 15.2. The molecule has 0 amide bonds. The first-order valence-electron chi connectivity index (χ1n) is 10.0. The van der Waals surface area contributed by atoms with Crippen LogP contribution in [0.4, 0.5) is 0 Å². The fourth-order valence-corrected chi connectivity index (χ4v) is 3.68. The molecule has 4 aromatic rings. The third kappa shape index (κ3) is 3.86. The van der Waals surface area contributed by atoms with Gasteiger partial charge in [0.05, 0.1) is 24.9 Å². The number of hydrogen-bond acceptors (Lipinski definition) is 4. The topological polar surface area (TPSA) is 68.8 Å². The standard InChI is InChI=1S/C24H25N3O3/c1-4-30-19-8-6-18(7-9-19)21-14-22-24(29)26(11-12-27(22)25-21)15-23(28)20-10-5-16(2)13-17(20)3/h5-14,23,28H,4,15H2,1-3H3/t23-/m0/s1. The average Bonchev–Trinajstić information content (AvgIpc) is 3.16. The van der Waals surface area contributed by atoms with E-state index in [0.717, 1.165) is 28.0 Å². The van der Waals surface area contributed by atoms with Crippen molar-refractivity contribution in [3.05, 3.63) is 88.0 Å². The molecule has 6 heteroatoms. The predicted molar refractivity (Wildman–Crippen MR) is 117 cm³/mol. The van der Waals surface area contributed by atoms with Crippen LogP contribution in [0.2, 0.25) is 0 Å². The Morgan fingerprint density at radius 3 is 2.53 bits per heavy atom. The lowest BCUT2D eigenvalue weighted by Crippen LogP contribution is -2.24. The van der Waals surface area contributed by atoms with Gasteiger partial charge in [-0.3, -0.25) is 4.79 Å². The van der Waals surface area contributed by atoms with Crippen molar-refractivity contribution in [3.63, 3.8) is 0 Å². The zero-order valence-corrected chi connectivity index (χ0v) is 17.4. The summed E-state index contributed by atoms with van der Waals surface area (Å²) in [5.74, 6) is 0.799. The van der Waals surface area contributed by atoms with Crippen molar-refractivity contribution in [1.29, 1.82) is 0 Å². The number of ether oxygens (including phenoxy) is 1. The van der Waals surface area contributed by atoms with Gasteiger partial charge in [-0.15, -0.1) is 0 Å². The van der Waals surface area contributed by atoms with E-state index in [9.17, 15) is 9.90 Å². The van der Waals surface area contributed by atoms with Crippen molar-refractivity contribution in [2.24, 2.45) is 0 Å². The molecule has 0 aliphatic rings. The van der Waals surface area contributed by atoms with E-state index in [1.54, 1.807) is 23.0 Å². The van der Waals surface area contributed by atoms with Crippen molar-refractivity contribution < 1.29 is 9.84 Å². The van der Waals surface area contributed by atoms with E-state index >= 15 is 0 Å². The lowest BCUT2D eigenvalue weighted by molar-refractivity contribution is 0.154. The first kappa shape index (κ1) is 19.9. The third-order valence-electron chi connectivity index (χ3n) is 5.22. The number of aliphatic hydroxyl groups is 1. The molecule has 0 bridgehead atoms. The normalized spacial score (nSPS) is 12.3. The summed E-state index contributed by atoms with van der Waals surface area (Å²) in [6.45, 7) is 6.73. The van der Waals surface area contributed by atoms with Crippen LogP contribution >= 0.6 is 0 Å². The molecule has 4 rings (SSSR count). The molecule has 6 nitrogen and oxygen atoms in total. The third-order valence-corrected chi connectivity index (χ3v) is 5.22. The van der Waals surface area contributed by atoms with E-state index in [1.165, 1.54) is 4.57 Å². The predicted octanol–water partition coefficient (Wildman–Crippen LogP) is 3.91. The van der Waals surface area contributed by atoms with Crippen molar-refractivity contribution in [2.75, 3.05) is 6.61 Å². The molecule has 0 fully saturated rings. The fourth-order valence-electron chi connectivity index (χ4n) is 3.68. The van der Waals surface area contributed by atoms with E-state index in [4.69, 9.17) is 4.74 Å². The molecule has 154 valence electrons. The van der Waals surface area contributed by atoms with Crippen LogP contribution in [0.25, 0.3) is 16.8 Å². The molecule has 0 unspecified atom stereocenters. The molecule has 2 aromatic heterocycles. The van der Waals surface area contributed by atoms with Crippen molar-refractivity contribution in [3.8, 4) is 17.0 Å². The van der Waals surface area contributed by atoms with Crippen LogP contribution < -0.4 is 10.3 Å². The van der Waals surface area contributed by atoms with Gasteiger partial charge in [0.2, 0.25) is 0 Å². The van der Waals surface area contributed by atoms with Gasteiger partial charge >= 0.3 is 0 Å². The second-order valence-electron chi connectivity index (χ2n) is 7.45. The number of aromatic nitrogens is 3. The minimum Gasteiger partial charge on any atom is -0.494 e. The molecule has 0 aliphatic heterocycles. The first-order valence-corrected chi connectivity index (χ1v) is 10.0. The highest BCUT2D eigenvalue weighted by Gasteiger charge is 2.14. The maximum atomic E-state index is 13.0. The lowest BCUT2D eigenvalue weighted by Gasteiger charge is -2.16. The van der Waals surface area contributed by atoms with Crippen LogP contribution in [-0.2, 0) is 6.54 Å². The smallest absolute Gasteiger partial charge is 0.276 e. The Morgan fingerprint density at radius 2 is 1.83 bits per heavy atom. The zero-order chi connectivity index (χ0) is 21.3. The van der Waals surface area contributed by atoms with E-state index in [1.807, 2.05) is 63.2 Å². The van der Waals surface area contributed by atoms with Gasteiger partial charge < -0.3 is 14.4 Å². The Hall–Kier alpha value is -3.38. The summed E-state index contributed by atoms with van der Waals surface area (Å²) in [5.41, 5.74) is 4.88. The number of aliphatic hydroxyl groups excluding tert-OH is 1. The minimum atomic E-state index is -0.765. The van der Waals surface area contributed by atoms with Gasteiger partial charge in [0, 0.05) is 18.0 Å². The Kier molecular flexibility index (Phi) is 5.42. The van der Waals surface area contributed by atoms with Crippen molar-refractivity contribution in [1.82, 2.24) is 14.2 Å². The molecule has 1 N–H and O–H groups in total. The molecular formula is C24H25N3O3. The van der Waals surface area contributed by atoms with Crippen molar-refractivity contribution >= 4 is 5.52 Å². The Labute approximate surface area is 175 Å². The quantitative estimate of drug-likeness (QED) is 0.530. The van der Waals surface area contributed by atoms with Gasteiger partial charge in [0.25, 0.3) is 5.56 Å². The van der Waals surface area contributed by atoms with Crippen molar-refractivity contribution in [2.45, 2.75) is 33.4 Å². The lowest BCUT2D eigenvalue weighted by atomic mass is 10.0. The average molecular weight is 403 g/mol. The highest BCUT2D eigenvalue weighted by molar-refractivity contribution is 5.66. The van der Waals surface area contributed by atoms with Crippen LogP contribution in [-0.4, -0.2) is 25.9 Å². The molecule has 0 aliphatic carbocycles. The molecule has 2 heterocycles. The van der Waals surface area contributed by atoms with Crippen LogP contribution in [0.5, 0.6) is 5.75 Å². The molecule has 30 heavy (non-hydrogen) atoms. The second-order valence-corrected chi connectivity index (χ2v) is 7.45. The van der Waals surface area contributed by atoms with E-state index in [2.05, 4.69) is 5.10 Å².